The van der Waals surface area contributed by atoms with Crippen LogP contribution in [-0.4, -0.2) is 56.6 Å². The largest absolute Gasteiger partial charge is 0.497 e. The van der Waals surface area contributed by atoms with Crippen molar-refractivity contribution in [2.24, 2.45) is 0 Å². The van der Waals surface area contributed by atoms with Crippen molar-refractivity contribution in [2.45, 2.75) is 50.2 Å². The molecule has 10 heteroatoms. The summed E-state index contributed by atoms with van der Waals surface area (Å²) in [6.07, 6.45) is 3.35. The van der Waals surface area contributed by atoms with Gasteiger partial charge in [0.25, 0.3) is 10.0 Å². The third-order valence-electron chi connectivity index (χ3n) is 8.27. The van der Waals surface area contributed by atoms with Crippen molar-refractivity contribution in [3.05, 3.63) is 108 Å². The van der Waals surface area contributed by atoms with Crippen LogP contribution < -0.4 is 13.9 Å². The summed E-state index contributed by atoms with van der Waals surface area (Å²) in [5.41, 5.74) is 2.77. The molecule has 8 nitrogen and oxygen atoms in total. The SMILES string of the molecule is COc1ccc(CN(c2cccc(F)n2)S(=O)(=O)c2cnc(N(C)C3CCN(C(C)c4ccccc4)CC3)c(C)c2)cc1. The van der Waals surface area contributed by atoms with Gasteiger partial charge in [-0.15, -0.1) is 0 Å². The van der Waals surface area contributed by atoms with Crippen molar-refractivity contribution in [2.75, 3.05) is 36.5 Å². The van der Waals surface area contributed by atoms with Crippen LogP contribution in [0.15, 0.2) is 90.0 Å². The van der Waals surface area contributed by atoms with E-state index in [9.17, 15) is 12.8 Å². The fourth-order valence-corrected chi connectivity index (χ4v) is 7.11. The van der Waals surface area contributed by atoms with Gasteiger partial charge in [0.1, 0.15) is 22.3 Å². The number of aromatic nitrogens is 2. The molecule has 1 aliphatic heterocycles. The summed E-state index contributed by atoms with van der Waals surface area (Å²) in [5, 5.41) is 0. The third-order valence-corrected chi connectivity index (χ3v) is 9.98. The Morgan fingerprint density at radius 2 is 1.72 bits per heavy atom. The first-order valence-electron chi connectivity index (χ1n) is 14.4. The number of anilines is 2. The van der Waals surface area contributed by atoms with Crippen molar-refractivity contribution < 1.29 is 17.5 Å². The van der Waals surface area contributed by atoms with Crippen LogP contribution in [0.2, 0.25) is 0 Å². The zero-order chi connectivity index (χ0) is 30.6. The minimum atomic E-state index is -4.13. The van der Waals surface area contributed by atoms with E-state index in [4.69, 9.17) is 4.74 Å². The van der Waals surface area contributed by atoms with E-state index in [1.54, 1.807) is 37.4 Å². The van der Waals surface area contributed by atoms with E-state index in [2.05, 4.69) is 51.0 Å². The fourth-order valence-electron chi connectivity index (χ4n) is 5.68. The molecule has 0 amide bonds. The first-order valence-corrected chi connectivity index (χ1v) is 15.9. The minimum Gasteiger partial charge on any atom is -0.497 e. The van der Waals surface area contributed by atoms with Crippen LogP contribution in [0.1, 0.15) is 42.5 Å². The van der Waals surface area contributed by atoms with Crippen molar-refractivity contribution in [1.29, 1.82) is 0 Å². The quantitative estimate of drug-likeness (QED) is 0.206. The molecule has 0 aliphatic carbocycles. The van der Waals surface area contributed by atoms with Crippen molar-refractivity contribution >= 4 is 21.7 Å². The lowest BCUT2D eigenvalue weighted by molar-refractivity contribution is 0.161. The first kappa shape index (κ1) is 30.4. The van der Waals surface area contributed by atoms with Crippen molar-refractivity contribution in [1.82, 2.24) is 14.9 Å². The number of likely N-dealkylation sites (tertiary alicyclic amines) is 1. The zero-order valence-corrected chi connectivity index (χ0v) is 25.8. The van der Waals surface area contributed by atoms with Crippen LogP contribution in [0.5, 0.6) is 5.75 Å². The van der Waals surface area contributed by atoms with Gasteiger partial charge in [-0.25, -0.2) is 22.7 Å². The predicted molar refractivity (Wildman–Crippen MR) is 167 cm³/mol. The van der Waals surface area contributed by atoms with Crippen LogP contribution >= 0.6 is 0 Å². The Bertz CT molecular complexity index is 1630. The van der Waals surface area contributed by atoms with Gasteiger partial charge >= 0.3 is 0 Å². The normalized spacial score (nSPS) is 15.2. The Morgan fingerprint density at radius 3 is 2.35 bits per heavy atom. The maximum Gasteiger partial charge on any atom is 0.267 e. The number of benzene rings is 2. The van der Waals surface area contributed by atoms with Gasteiger partial charge in [0.05, 0.1) is 13.7 Å². The lowest BCUT2D eigenvalue weighted by atomic mass is 9.99. The van der Waals surface area contributed by atoms with E-state index >= 15 is 0 Å². The molecule has 0 saturated carbocycles. The summed E-state index contributed by atoms with van der Waals surface area (Å²) >= 11 is 0. The number of sulfonamides is 1. The number of methoxy groups -OCH3 is 1. The summed E-state index contributed by atoms with van der Waals surface area (Å²) in [4.78, 5) is 13.2. The summed E-state index contributed by atoms with van der Waals surface area (Å²) in [6, 6.07) is 24.0. The number of hydrogen-bond acceptors (Lipinski definition) is 7. The molecule has 1 fully saturated rings. The minimum absolute atomic E-state index is 0.00819. The van der Waals surface area contributed by atoms with E-state index < -0.39 is 16.0 Å². The van der Waals surface area contributed by atoms with E-state index in [1.165, 1.54) is 30.0 Å². The van der Waals surface area contributed by atoms with Gasteiger partial charge in [0, 0.05) is 38.4 Å². The number of rotatable bonds is 10. The molecule has 3 heterocycles. The number of hydrogen-bond donors (Lipinski definition) is 0. The predicted octanol–water partition coefficient (Wildman–Crippen LogP) is 5.99. The molecule has 1 unspecified atom stereocenters. The molecule has 0 N–H and O–H groups in total. The second-order valence-electron chi connectivity index (χ2n) is 11.0. The highest BCUT2D eigenvalue weighted by molar-refractivity contribution is 7.92. The number of piperidine rings is 1. The van der Waals surface area contributed by atoms with Gasteiger partial charge < -0.3 is 9.64 Å². The highest BCUT2D eigenvalue weighted by Crippen LogP contribution is 2.31. The number of pyridine rings is 2. The number of aryl methyl sites for hydroxylation is 1. The second kappa shape index (κ2) is 13.1. The first-order chi connectivity index (χ1) is 20.7. The molecule has 0 bridgehead atoms. The lowest BCUT2D eigenvalue weighted by Gasteiger charge is -2.40. The van der Waals surface area contributed by atoms with Gasteiger partial charge in [-0.1, -0.05) is 48.5 Å². The van der Waals surface area contributed by atoms with Gasteiger partial charge in [-0.2, -0.15) is 4.39 Å². The molecule has 1 saturated heterocycles. The van der Waals surface area contributed by atoms with E-state index in [-0.39, 0.29) is 23.3 Å². The monoisotopic (exact) mass is 603 g/mol. The topological polar surface area (TPSA) is 78.9 Å². The average molecular weight is 604 g/mol. The third kappa shape index (κ3) is 6.81. The maximum atomic E-state index is 14.1. The highest BCUT2D eigenvalue weighted by atomic mass is 32.2. The Balaban J connectivity index is 1.34. The van der Waals surface area contributed by atoms with E-state index in [0.29, 0.717) is 17.4 Å². The lowest BCUT2D eigenvalue weighted by Crippen LogP contribution is -2.44. The van der Waals surface area contributed by atoms with Crippen molar-refractivity contribution in [3.63, 3.8) is 0 Å². The number of halogens is 1. The Kier molecular flexibility index (Phi) is 9.27. The average Bonchev–Trinajstić information content (AvgIpc) is 3.03. The van der Waals surface area contributed by atoms with E-state index in [1.807, 2.05) is 20.0 Å². The molecule has 43 heavy (non-hydrogen) atoms. The molecule has 0 radical (unpaired) electrons. The number of nitrogens with zero attached hydrogens (tertiary/aromatic N) is 5. The van der Waals surface area contributed by atoms with Gasteiger partial charge in [0.15, 0.2) is 0 Å². The van der Waals surface area contributed by atoms with Gasteiger partial charge in [-0.05, 0) is 73.7 Å². The maximum absolute atomic E-state index is 14.1. The summed E-state index contributed by atoms with van der Waals surface area (Å²) < 4.78 is 48.5. The molecule has 2 aromatic carbocycles. The van der Waals surface area contributed by atoms with Crippen LogP contribution in [0.3, 0.4) is 0 Å². The van der Waals surface area contributed by atoms with Gasteiger partial charge in [-0.3, -0.25) is 4.90 Å². The van der Waals surface area contributed by atoms with E-state index in [0.717, 1.165) is 41.6 Å². The van der Waals surface area contributed by atoms with Crippen LogP contribution in [0, 0.1) is 12.9 Å². The smallest absolute Gasteiger partial charge is 0.267 e. The van der Waals surface area contributed by atoms with Crippen molar-refractivity contribution in [3.8, 4) is 5.75 Å². The molecular weight excluding hydrogens is 565 g/mol. The Hall–Kier alpha value is -4.02. The summed E-state index contributed by atoms with van der Waals surface area (Å²) in [5.74, 6) is 0.631. The zero-order valence-electron chi connectivity index (χ0n) is 25.0. The highest BCUT2D eigenvalue weighted by Gasteiger charge is 2.30. The molecule has 1 atom stereocenters. The van der Waals surface area contributed by atoms with Gasteiger partial charge in [0.2, 0.25) is 5.95 Å². The second-order valence-corrected chi connectivity index (χ2v) is 12.8. The summed E-state index contributed by atoms with van der Waals surface area (Å²) in [7, 11) is -0.544. The molecule has 4 aromatic rings. The summed E-state index contributed by atoms with van der Waals surface area (Å²) in [6.45, 7) is 6.03. The van der Waals surface area contributed by atoms with Crippen LogP contribution in [-0.2, 0) is 16.6 Å². The Morgan fingerprint density at radius 1 is 1.02 bits per heavy atom. The molecule has 226 valence electrons. The van der Waals surface area contributed by atoms with Crippen LogP contribution in [0.4, 0.5) is 16.0 Å². The molecular formula is C33H38FN5O3S. The molecule has 5 rings (SSSR count). The standard InChI is InChI=1S/C33H38FN5O3S/c1-24-21-30(22-35-33(24)37(3)28-17-19-38(20-18-28)25(2)27-9-6-5-7-10-27)43(40,41)39(32-12-8-11-31(34)36-32)23-26-13-15-29(42-4)16-14-26/h5-16,21-22,25,28H,17-20,23H2,1-4H3. The number of ether oxygens (including phenoxy) is 1. The van der Waals surface area contributed by atoms with Crippen LogP contribution in [0.25, 0.3) is 0 Å². The molecule has 2 aromatic heterocycles. The molecule has 1 aliphatic rings. The fraction of sp³-hybridized carbons (Fsp3) is 0.333. The molecule has 0 spiro atoms. The Labute approximate surface area is 253 Å².